The van der Waals surface area contributed by atoms with Gasteiger partial charge in [0.05, 0.1) is 18.2 Å². The molecule has 0 radical (unpaired) electrons. The van der Waals surface area contributed by atoms with Crippen molar-refractivity contribution >= 4 is 17.6 Å². The Morgan fingerprint density at radius 3 is 2.74 bits per heavy atom. The number of aromatic nitrogens is 2. The van der Waals surface area contributed by atoms with Gasteiger partial charge in [-0.1, -0.05) is 24.3 Å². The molecule has 8 heteroatoms. The number of allylic oxidation sites excluding steroid dienone is 5. The van der Waals surface area contributed by atoms with Gasteiger partial charge in [0.2, 0.25) is 0 Å². The molecule has 0 spiro atoms. The first-order valence-corrected chi connectivity index (χ1v) is 7.07. The largest absolute Gasteiger partial charge is 0.462 e. The van der Waals surface area contributed by atoms with Crippen LogP contribution in [0.5, 0.6) is 0 Å². The van der Waals surface area contributed by atoms with Crippen molar-refractivity contribution in [2.45, 2.75) is 20.4 Å². The van der Waals surface area contributed by atoms with Crippen LogP contribution in [0.1, 0.15) is 24.2 Å². The highest BCUT2D eigenvalue weighted by atomic mass is 35.5. The molecule has 0 aliphatic heterocycles. The van der Waals surface area contributed by atoms with Crippen molar-refractivity contribution in [3.05, 3.63) is 67.8 Å². The number of nitrogens with one attached hydrogen (secondary N) is 1. The third-order valence-electron chi connectivity index (χ3n) is 2.74. The van der Waals surface area contributed by atoms with Crippen molar-refractivity contribution in [2.75, 3.05) is 6.61 Å². The standard InChI is InChI=1S/C15H16ClFN2O4/c1-4-6-11(17)12(16)9(3)8-19-13(20)10(7-18-15(19)22)14(21)23-5-2/h4,6-7H,3,5,8H2,1-2H3,(H,18,22)/b6-4-,12-11-. The maximum absolute atomic E-state index is 13.6. The number of halogens is 2. The fraction of sp³-hybridized carbons (Fsp3) is 0.267. The number of aromatic amines is 1. The molecule has 1 aromatic rings. The summed E-state index contributed by atoms with van der Waals surface area (Å²) in [5.74, 6) is -1.61. The lowest BCUT2D eigenvalue weighted by Gasteiger charge is -2.09. The fourth-order valence-corrected chi connectivity index (χ4v) is 1.78. The molecule has 0 unspecified atom stereocenters. The van der Waals surface area contributed by atoms with Crippen LogP contribution in [0, 0.1) is 0 Å². The Kier molecular flexibility index (Phi) is 6.71. The van der Waals surface area contributed by atoms with Gasteiger partial charge in [-0.25, -0.2) is 14.0 Å². The highest BCUT2D eigenvalue weighted by Gasteiger charge is 2.17. The van der Waals surface area contributed by atoms with Gasteiger partial charge in [0.15, 0.2) is 0 Å². The Bertz CT molecular complexity index is 789. The average molecular weight is 343 g/mol. The second-order valence-electron chi connectivity index (χ2n) is 4.38. The minimum Gasteiger partial charge on any atom is -0.462 e. The molecule has 0 atom stereocenters. The molecule has 1 heterocycles. The maximum Gasteiger partial charge on any atom is 0.345 e. The smallest absolute Gasteiger partial charge is 0.345 e. The van der Waals surface area contributed by atoms with E-state index in [9.17, 15) is 18.8 Å². The van der Waals surface area contributed by atoms with Crippen molar-refractivity contribution in [3.8, 4) is 0 Å². The molecule has 0 saturated heterocycles. The highest BCUT2D eigenvalue weighted by Crippen LogP contribution is 2.20. The van der Waals surface area contributed by atoms with Crippen LogP contribution >= 0.6 is 11.6 Å². The van der Waals surface area contributed by atoms with Crippen LogP contribution in [-0.4, -0.2) is 22.1 Å². The molecule has 0 fully saturated rings. The Morgan fingerprint density at radius 1 is 1.52 bits per heavy atom. The summed E-state index contributed by atoms with van der Waals surface area (Å²) < 4.78 is 19.0. The van der Waals surface area contributed by atoms with Crippen LogP contribution in [0.25, 0.3) is 0 Å². The number of esters is 1. The first-order valence-electron chi connectivity index (χ1n) is 6.69. The van der Waals surface area contributed by atoms with Crippen molar-refractivity contribution in [2.24, 2.45) is 0 Å². The average Bonchev–Trinajstić information content (AvgIpc) is 2.50. The Hall–Kier alpha value is -2.41. The van der Waals surface area contributed by atoms with E-state index in [0.29, 0.717) is 4.57 Å². The highest BCUT2D eigenvalue weighted by molar-refractivity contribution is 6.32. The molecule has 0 bridgehead atoms. The van der Waals surface area contributed by atoms with Crippen LogP contribution in [0.2, 0.25) is 0 Å². The summed E-state index contributed by atoms with van der Waals surface area (Å²) in [7, 11) is 0. The van der Waals surface area contributed by atoms with Crippen LogP contribution in [-0.2, 0) is 11.3 Å². The molecule has 0 amide bonds. The Morgan fingerprint density at radius 2 is 2.17 bits per heavy atom. The van der Waals surface area contributed by atoms with Gasteiger partial charge >= 0.3 is 11.7 Å². The number of H-pyrrole nitrogens is 1. The van der Waals surface area contributed by atoms with E-state index in [-0.39, 0.29) is 29.3 Å². The number of rotatable bonds is 6. The minimum absolute atomic E-state index is 0.0101. The van der Waals surface area contributed by atoms with Crippen LogP contribution in [0.15, 0.2) is 50.9 Å². The van der Waals surface area contributed by atoms with Crippen LogP contribution in [0.4, 0.5) is 4.39 Å². The molecule has 6 nitrogen and oxygen atoms in total. The molecule has 124 valence electrons. The van der Waals surface area contributed by atoms with E-state index in [1.807, 2.05) is 0 Å². The zero-order chi connectivity index (χ0) is 17.6. The fourth-order valence-electron chi connectivity index (χ4n) is 1.66. The minimum atomic E-state index is -0.871. The summed E-state index contributed by atoms with van der Waals surface area (Å²) in [4.78, 5) is 37.9. The van der Waals surface area contributed by atoms with Crippen molar-refractivity contribution < 1.29 is 13.9 Å². The van der Waals surface area contributed by atoms with E-state index in [0.717, 1.165) is 12.3 Å². The summed E-state index contributed by atoms with van der Waals surface area (Å²) >= 11 is 5.80. The van der Waals surface area contributed by atoms with Crippen molar-refractivity contribution in [3.63, 3.8) is 0 Å². The topological polar surface area (TPSA) is 81.2 Å². The molecule has 0 aromatic carbocycles. The van der Waals surface area contributed by atoms with Crippen LogP contribution in [0.3, 0.4) is 0 Å². The number of carbonyl (C=O) groups excluding carboxylic acids is 1. The lowest BCUT2D eigenvalue weighted by Crippen LogP contribution is -2.38. The second-order valence-corrected chi connectivity index (χ2v) is 4.76. The predicted molar refractivity (Wildman–Crippen MR) is 85.2 cm³/mol. The van der Waals surface area contributed by atoms with Gasteiger partial charge in [-0.15, -0.1) is 0 Å². The van der Waals surface area contributed by atoms with Gasteiger partial charge in [-0.05, 0) is 25.5 Å². The number of ether oxygens (including phenoxy) is 1. The van der Waals surface area contributed by atoms with Gasteiger partial charge in [-0.2, -0.15) is 0 Å². The number of hydrogen-bond acceptors (Lipinski definition) is 4. The molecular weight excluding hydrogens is 327 g/mol. The van der Waals surface area contributed by atoms with Gasteiger partial charge in [0, 0.05) is 6.20 Å². The van der Waals surface area contributed by atoms with E-state index in [1.165, 1.54) is 6.08 Å². The molecule has 1 N–H and O–H groups in total. The van der Waals surface area contributed by atoms with Gasteiger partial charge in [-0.3, -0.25) is 9.36 Å². The van der Waals surface area contributed by atoms with E-state index in [2.05, 4.69) is 11.6 Å². The lowest BCUT2D eigenvalue weighted by molar-refractivity contribution is 0.0522. The summed E-state index contributed by atoms with van der Waals surface area (Å²) in [5.41, 5.74) is -1.98. The number of nitrogens with zero attached hydrogens (tertiary/aromatic N) is 1. The summed E-state index contributed by atoms with van der Waals surface area (Å²) in [6, 6.07) is 0. The first kappa shape index (κ1) is 18.6. The zero-order valence-corrected chi connectivity index (χ0v) is 13.4. The molecule has 1 aromatic heterocycles. The molecule has 0 aliphatic carbocycles. The second kappa shape index (κ2) is 8.28. The molecular formula is C15H16ClFN2O4. The van der Waals surface area contributed by atoms with E-state index in [1.54, 1.807) is 13.8 Å². The van der Waals surface area contributed by atoms with Gasteiger partial charge in [0.25, 0.3) is 5.56 Å². The third kappa shape index (κ3) is 4.53. The molecule has 0 saturated carbocycles. The third-order valence-corrected chi connectivity index (χ3v) is 3.19. The Labute approximate surface area is 136 Å². The Balaban J connectivity index is 3.25. The quantitative estimate of drug-likeness (QED) is 0.635. The summed E-state index contributed by atoms with van der Waals surface area (Å²) in [6.07, 6.45) is 3.53. The molecule has 0 aliphatic rings. The first-order chi connectivity index (χ1) is 10.8. The normalized spacial score (nSPS) is 12.2. The molecule has 23 heavy (non-hydrogen) atoms. The van der Waals surface area contributed by atoms with Gasteiger partial charge < -0.3 is 9.72 Å². The summed E-state index contributed by atoms with van der Waals surface area (Å²) in [5, 5.41) is -0.309. The van der Waals surface area contributed by atoms with Crippen molar-refractivity contribution in [1.29, 1.82) is 0 Å². The monoisotopic (exact) mass is 342 g/mol. The zero-order valence-electron chi connectivity index (χ0n) is 12.7. The SMILES string of the molecule is C=C(Cn1c(=O)[nH]cc(C(=O)OCC)c1=O)/C(Cl)=C(F)\C=C/C. The lowest BCUT2D eigenvalue weighted by atomic mass is 10.2. The maximum atomic E-state index is 13.6. The summed E-state index contributed by atoms with van der Waals surface area (Å²) in [6.45, 7) is 6.44. The van der Waals surface area contributed by atoms with Crippen molar-refractivity contribution in [1.82, 2.24) is 9.55 Å². The van der Waals surface area contributed by atoms with Gasteiger partial charge in [0.1, 0.15) is 11.4 Å². The van der Waals surface area contributed by atoms with E-state index < -0.39 is 23.0 Å². The van der Waals surface area contributed by atoms with E-state index >= 15 is 0 Å². The molecule has 1 rings (SSSR count). The number of hydrogen-bond donors (Lipinski definition) is 1. The number of carbonyl (C=O) groups is 1. The van der Waals surface area contributed by atoms with Crippen LogP contribution < -0.4 is 11.2 Å². The van der Waals surface area contributed by atoms with E-state index in [4.69, 9.17) is 16.3 Å². The predicted octanol–water partition coefficient (Wildman–Crippen LogP) is 2.27.